The monoisotopic (exact) mass is 397 g/mol. The molecule has 0 fully saturated rings. The van der Waals surface area contributed by atoms with Gasteiger partial charge < -0.3 is 15.5 Å². The van der Waals surface area contributed by atoms with Gasteiger partial charge in [-0.1, -0.05) is 23.7 Å². The van der Waals surface area contributed by atoms with Gasteiger partial charge in [-0.15, -0.1) is 0 Å². The van der Waals surface area contributed by atoms with E-state index in [0.29, 0.717) is 5.02 Å². The average Bonchev–Trinajstić information content (AvgIpc) is 3.13. The first kappa shape index (κ1) is 18.7. The summed E-state index contributed by atoms with van der Waals surface area (Å²) in [5.74, 6) is 1.56. The highest BCUT2D eigenvalue weighted by molar-refractivity contribution is 6.31. The second-order valence-corrected chi connectivity index (χ2v) is 7.72. The van der Waals surface area contributed by atoms with E-state index in [1.807, 2.05) is 55.9 Å². The lowest BCUT2D eigenvalue weighted by molar-refractivity contribution is 0.425. The Morgan fingerprint density at radius 2 is 2.11 bits per heavy atom. The highest BCUT2D eigenvalue weighted by Gasteiger charge is 2.40. The molecule has 0 amide bonds. The van der Waals surface area contributed by atoms with E-state index in [0.717, 1.165) is 47.2 Å². The van der Waals surface area contributed by atoms with Crippen LogP contribution in [0.1, 0.15) is 16.8 Å². The Bertz CT molecular complexity index is 993. The van der Waals surface area contributed by atoms with Crippen molar-refractivity contribution in [3.05, 3.63) is 64.7 Å². The van der Waals surface area contributed by atoms with Crippen molar-refractivity contribution in [2.45, 2.75) is 12.6 Å². The van der Waals surface area contributed by atoms with Gasteiger partial charge in [0.05, 0.1) is 17.6 Å². The van der Waals surface area contributed by atoms with Crippen molar-refractivity contribution in [2.24, 2.45) is 5.73 Å². The molecule has 4 rings (SSSR count). The van der Waals surface area contributed by atoms with Crippen molar-refractivity contribution in [3.63, 3.8) is 0 Å². The fourth-order valence-electron chi connectivity index (χ4n) is 3.59. The first-order valence-corrected chi connectivity index (χ1v) is 9.53. The van der Waals surface area contributed by atoms with Crippen LogP contribution < -0.4 is 16.4 Å². The number of fused-ring (bicyclic) bond motifs is 3. The number of nitrogens with two attached hydrogens (primary N) is 1. The smallest absolute Gasteiger partial charge is 0.164 e. The molecule has 1 unspecified atom stereocenters. The zero-order valence-corrected chi connectivity index (χ0v) is 17.0. The molecule has 0 bridgehead atoms. The van der Waals surface area contributed by atoms with E-state index in [2.05, 4.69) is 20.5 Å². The maximum absolute atomic E-state index is 6.90. The lowest BCUT2D eigenvalue weighted by atomic mass is 9.91. The standard InChI is InChI=1S/C20H24ClN7/c1-13-5-4-6-14(21)18(13)20(22)16-11-23-12-28(16)19-15(26-20)7-8-17(25-19)24-9-10-27(2)3/h4-8,11-12,26H,9-10,22H2,1-3H3,(H,24,25). The summed E-state index contributed by atoms with van der Waals surface area (Å²) in [6.45, 7) is 3.73. The Kier molecular flexibility index (Phi) is 4.74. The van der Waals surface area contributed by atoms with Gasteiger partial charge in [-0.3, -0.25) is 10.3 Å². The number of benzene rings is 1. The number of hydrogen-bond donors (Lipinski definition) is 3. The van der Waals surface area contributed by atoms with Gasteiger partial charge in [0.15, 0.2) is 11.5 Å². The van der Waals surface area contributed by atoms with E-state index in [-0.39, 0.29) is 0 Å². The second kappa shape index (κ2) is 7.09. The minimum atomic E-state index is -1.01. The zero-order valence-electron chi connectivity index (χ0n) is 16.2. The summed E-state index contributed by atoms with van der Waals surface area (Å²) in [5, 5.41) is 7.41. The van der Waals surface area contributed by atoms with Gasteiger partial charge in [0.2, 0.25) is 0 Å². The van der Waals surface area contributed by atoms with Gasteiger partial charge in [0.25, 0.3) is 0 Å². The lowest BCUT2D eigenvalue weighted by Crippen LogP contribution is -2.50. The third-order valence-corrected chi connectivity index (χ3v) is 5.27. The first-order valence-electron chi connectivity index (χ1n) is 9.15. The van der Waals surface area contributed by atoms with Crippen LogP contribution in [0.3, 0.4) is 0 Å². The minimum Gasteiger partial charge on any atom is -0.369 e. The predicted molar refractivity (Wildman–Crippen MR) is 113 cm³/mol. The molecule has 8 heteroatoms. The number of anilines is 2. The fraction of sp³-hybridized carbons (Fsp3) is 0.300. The summed E-state index contributed by atoms with van der Waals surface area (Å²) in [6.07, 6.45) is 3.49. The van der Waals surface area contributed by atoms with E-state index in [4.69, 9.17) is 22.3 Å². The summed E-state index contributed by atoms with van der Waals surface area (Å²) < 4.78 is 1.92. The Morgan fingerprint density at radius 3 is 2.86 bits per heavy atom. The number of aromatic nitrogens is 3. The van der Waals surface area contributed by atoms with Gasteiger partial charge in [0.1, 0.15) is 12.1 Å². The van der Waals surface area contributed by atoms with Crippen LogP contribution in [-0.2, 0) is 5.66 Å². The van der Waals surface area contributed by atoms with Crippen LogP contribution in [0.5, 0.6) is 0 Å². The van der Waals surface area contributed by atoms with Crippen LogP contribution in [-0.4, -0.2) is 46.6 Å². The Morgan fingerprint density at radius 1 is 1.29 bits per heavy atom. The third kappa shape index (κ3) is 3.11. The van der Waals surface area contributed by atoms with Gasteiger partial charge in [0, 0.05) is 23.7 Å². The predicted octanol–water partition coefficient (Wildman–Crippen LogP) is 2.79. The highest BCUT2D eigenvalue weighted by atomic mass is 35.5. The molecule has 0 aliphatic carbocycles. The number of rotatable bonds is 5. The number of aryl methyl sites for hydroxylation is 1. The van der Waals surface area contributed by atoms with Gasteiger partial charge in [-0.05, 0) is 44.8 Å². The first-order chi connectivity index (χ1) is 13.4. The van der Waals surface area contributed by atoms with Crippen molar-refractivity contribution < 1.29 is 0 Å². The molecule has 1 aromatic carbocycles. The van der Waals surface area contributed by atoms with Gasteiger partial charge in [-0.25, -0.2) is 9.97 Å². The van der Waals surface area contributed by atoms with Crippen molar-refractivity contribution in [1.82, 2.24) is 19.4 Å². The average molecular weight is 398 g/mol. The molecular weight excluding hydrogens is 374 g/mol. The third-order valence-electron chi connectivity index (χ3n) is 4.96. The van der Waals surface area contributed by atoms with Crippen LogP contribution in [0.2, 0.25) is 5.02 Å². The molecule has 1 aliphatic heterocycles. The van der Waals surface area contributed by atoms with Crippen molar-refractivity contribution >= 4 is 23.1 Å². The van der Waals surface area contributed by atoms with E-state index < -0.39 is 5.66 Å². The summed E-state index contributed by atoms with van der Waals surface area (Å²) in [7, 11) is 4.09. The second-order valence-electron chi connectivity index (χ2n) is 7.31. The molecule has 2 aromatic heterocycles. The largest absolute Gasteiger partial charge is 0.369 e. The quantitative estimate of drug-likeness (QED) is 0.614. The lowest BCUT2D eigenvalue weighted by Gasteiger charge is -2.38. The number of pyridine rings is 1. The molecule has 146 valence electrons. The molecular formula is C20H24ClN7. The molecule has 28 heavy (non-hydrogen) atoms. The van der Waals surface area contributed by atoms with Crippen LogP contribution >= 0.6 is 11.6 Å². The normalized spacial score (nSPS) is 17.8. The summed E-state index contributed by atoms with van der Waals surface area (Å²) in [5.41, 5.74) is 9.34. The molecule has 4 N–H and O–H groups in total. The van der Waals surface area contributed by atoms with Crippen LogP contribution in [0.4, 0.5) is 11.5 Å². The maximum Gasteiger partial charge on any atom is 0.164 e. The van der Waals surface area contributed by atoms with E-state index in [1.54, 1.807) is 12.5 Å². The van der Waals surface area contributed by atoms with Gasteiger partial charge in [-0.2, -0.15) is 0 Å². The van der Waals surface area contributed by atoms with Gasteiger partial charge >= 0.3 is 0 Å². The topological polar surface area (TPSA) is 84.0 Å². The number of hydrogen-bond acceptors (Lipinski definition) is 6. The molecule has 7 nitrogen and oxygen atoms in total. The minimum absolute atomic E-state index is 0.612. The van der Waals surface area contributed by atoms with Crippen LogP contribution in [0.15, 0.2) is 42.9 Å². The molecule has 0 radical (unpaired) electrons. The maximum atomic E-state index is 6.90. The molecule has 0 saturated carbocycles. The number of imidazole rings is 1. The fourth-order valence-corrected chi connectivity index (χ4v) is 3.96. The number of nitrogens with one attached hydrogen (secondary N) is 2. The van der Waals surface area contributed by atoms with Crippen molar-refractivity contribution in [3.8, 4) is 5.82 Å². The summed E-state index contributed by atoms with van der Waals surface area (Å²) >= 11 is 6.54. The molecule has 3 aromatic rings. The van der Waals surface area contributed by atoms with Crippen LogP contribution in [0.25, 0.3) is 5.82 Å². The number of likely N-dealkylation sites (N-methyl/N-ethyl adjacent to an activating group) is 1. The zero-order chi connectivity index (χ0) is 19.9. The number of halogens is 1. The Labute approximate surface area is 169 Å². The Hall–Kier alpha value is -2.61. The highest BCUT2D eigenvalue weighted by Crippen LogP contribution is 2.41. The molecule has 0 saturated heterocycles. The van der Waals surface area contributed by atoms with Crippen LogP contribution in [0, 0.1) is 6.92 Å². The molecule has 0 spiro atoms. The Balaban J connectivity index is 1.75. The summed E-state index contributed by atoms with van der Waals surface area (Å²) in [6, 6.07) is 9.71. The van der Waals surface area contributed by atoms with Crippen molar-refractivity contribution in [1.29, 1.82) is 0 Å². The van der Waals surface area contributed by atoms with Crippen molar-refractivity contribution in [2.75, 3.05) is 37.8 Å². The van der Waals surface area contributed by atoms with E-state index >= 15 is 0 Å². The summed E-state index contributed by atoms with van der Waals surface area (Å²) in [4.78, 5) is 11.2. The number of nitrogens with zero attached hydrogens (tertiary/aromatic N) is 4. The van der Waals surface area contributed by atoms with E-state index in [1.165, 1.54) is 0 Å². The van der Waals surface area contributed by atoms with E-state index in [9.17, 15) is 0 Å². The molecule has 1 atom stereocenters. The SMILES string of the molecule is Cc1cccc(Cl)c1C1(N)Nc2ccc(NCCN(C)C)nc2-n2cncc21. The molecule has 3 heterocycles. The molecule has 1 aliphatic rings.